The number of ether oxygens (including phenoxy) is 1. The maximum atomic E-state index is 12.9. The molecular formula is C16H22N2O5S. The molecular weight excluding hydrogens is 332 g/mol. The van der Waals surface area contributed by atoms with Crippen molar-refractivity contribution >= 4 is 21.7 Å². The summed E-state index contributed by atoms with van der Waals surface area (Å²) >= 11 is 0. The lowest BCUT2D eigenvalue weighted by Gasteiger charge is -2.27. The normalized spacial score (nSPS) is 19.0. The summed E-state index contributed by atoms with van der Waals surface area (Å²) in [6.45, 7) is 7.24. The molecule has 1 saturated heterocycles. The summed E-state index contributed by atoms with van der Waals surface area (Å²) in [6, 6.07) is -0.384. The predicted molar refractivity (Wildman–Crippen MR) is 89.9 cm³/mol. The molecule has 24 heavy (non-hydrogen) atoms. The molecule has 1 aliphatic rings. The van der Waals surface area contributed by atoms with Crippen molar-refractivity contribution in [2.24, 2.45) is 0 Å². The number of carbonyl (C=O) groups is 2. The quantitative estimate of drug-likeness (QED) is 0.634. The Labute approximate surface area is 141 Å². The number of aromatic nitrogens is 1. The van der Waals surface area contributed by atoms with Crippen LogP contribution in [-0.4, -0.2) is 61.4 Å². The molecule has 1 N–H and O–H groups in total. The zero-order chi connectivity index (χ0) is 18.1. The van der Waals surface area contributed by atoms with E-state index < -0.39 is 15.8 Å². The van der Waals surface area contributed by atoms with E-state index in [9.17, 15) is 18.0 Å². The van der Waals surface area contributed by atoms with Gasteiger partial charge in [-0.1, -0.05) is 6.08 Å². The van der Waals surface area contributed by atoms with Gasteiger partial charge in [0, 0.05) is 18.3 Å². The van der Waals surface area contributed by atoms with E-state index in [4.69, 9.17) is 4.74 Å². The van der Waals surface area contributed by atoms with Crippen molar-refractivity contribution in [1.82, 2.24) is 9.88 Å². The molecule has 1 aliphatic heterocycles. The number of aryl methyl sites for hydroxylation is 1. The second-order valence-electron chi connectivity index (χ2n) is 5.92. The minimum Gasteiger partial charge on any atom is -0.465 e. The van der Waals surface area contributed by atoms with Gasteiger partial charge in [0.1, 0.15) is 5.69 Å². The molecule has 0 radical (unpaired) electrons. The van der Waals surface area contributed by atoms with Crippen LogP contribution in [0.15, 0.2) is 12.7 Å². The molecule has 0 aromatic carbocycles. The molecule has 0 aliphatic carbocycles. The third kappa shape index (κ3) is 3.38. The number of hydrogen-bond acceptors (Lipinski definition) is 5. The van der Waals surface area contributed by atoms with E-state index in [1.54, 1.807) is 19.9 Å². The van der Waals surface area contributed by atoms with Crippen LogP contribution in [0.5, 0.6) is 0 Å². The highest BCUT2D eigenvalue weighted by atomic mass is 32.2. The van der Waals surface area contributed by atoms with E-state index in [0.29, 0.717) is 23.2 Å². The number of H-pyrrole nitrogens is 1. The minimum absolute atomic E-state index is 0.0465. The van der Waals surface area contributed by atoms with Crippen molar-refractivity contribution in [2.75, 3.05) is 25.2 Å². The molecule has 132 valence electrons. The van der Waals surface area contributed by atoms with E-state index in [0.717, 1.165) is 0 Å². The fourth-order valence-electron chi connectivity index (χ4n) is 3.07. The highest BCUT2D eigenvalue weighted by molar-refractivity contribution is 7.91. The summed E-state index contributed by atoms with van der Waals surface area (Å²) in [5, 5.41) is 0. The third-order valence-corrected chi connectivity index (χ3v) is 6.03. The molecule has 8 heteroatoms. The Morgan fingerprint density at radius 2 is 2.08 bits per heavy atom. The van der Waals surface area contributed by atoms with Gasteiger partial charge < -0.3 is 14.6 Å². The zero-order valence-electron chi connectivity index (χ0n) is 14.1. The maximum Gasteiger partial charge on any atom is 0.339 e. The fraction of sp³-hybridized carbons (Fsp3) is 0.500. The Balaban J connectivity index is 2.38. The number of hydrogen-bond donors (Lipinski definition) is 1. The Hall–Kier alpha value is -2.09. The van der Waals surface area contributed by atoms with E-state index >= 15 is 0 Å². The topological polar surface area (TPSA) is 96.5 Å². The highest BCUT2D eigenvalue weighted by Crippen LogP contribution is 2.24. The maximum absolute atomic E-state index is 12.9. The van der Waals surface area contributed by atoms with Crippen LogP contribution < -0.4 is 0 Å². The Morgan fingerprint density at radius 1 is 1.42 bits per heavy atom. The first-order valence-corrected chi connectivity index (χ1v) is 9.43. The number of nitrogens with zero attached hydrogens (tertiary/aromatic N) is 1. The predicted octanol–water partition coefficient (Wildman–Crippen LogP) is 1.23. The lowest BCUT2D eigenvalue weighted by molar-refractivity contribution is 0.0599. The second kappa shape index (κ2) is 6.80. The average Bonchev–Trinajstić information content (AvgIpc) is 3.02. The number of esters is 1. The standard InChI is InChI=1S/C16H22N2O5S/c1-5-7-18(12-6-8-24(21,22)9-12)15(19)14-10(2)13(11(3)17-14)16(20)23-4/h5,12,17H,1,6-9H2,2-4H3/t12-/m1/s1. The monoisotopic (exact) mass is 354 g/mol. The van der Waals surface area contributed by atoms with Crippen molar-refractivity contribution in [3.8, 4) is 0 Å². The van der Waals surface area contributed by atoms with Gasteiger partial charge in [0.15, 0.2) is 9.84 Å². The summed E-state index contributed by atoms with van der Waals surface area (Å²) in [5.74, 6) is -0.823. The van der Waals surface area contributed by atoms with E-state index in [1.165, 1.54) is 12.0 Å². The van der Waals surface area contributed by atoms with Crippen LogP contribution in [0.2, 0.25) is 0 Å². The fourth-order valence-corrected chi connectivity index (χ4v) is 4.80. The molecule has 1 atom stereocenters. The SMILES string of the molecule is C=CCN(C(=O)c1[nH]c(C)c(C(=O)OC)c1C)[C@@H]1CCS(=O)(=O)C1. The average molecular weight is 354 g/mol. The number of aromatic amines is 1. The van der Waals surface area contributed by atoms with Crippen LogP contribution in [0.3, 0.4) is 0 Å². The highest BCUT2D eigenvalue weighted by Gasteiger charge is 2.36. The molecule has 1 amide bonds. The molecule has 1 aromatic rings. The first-order valence-electron chi connectivity index (χ1n) is 7.61. The number of nitrogens with one attached hydrogen (secondary N) is 1. The molecule has 2 rings (SSSR count). The minimum atomic E-state index is -3.12. The molecule has 0 saturated carbocycles. The molecule has 0 bridgehead atoms. The molecule has 0 spiro atoms. The Kier molecular flexibility index (Phi) is 5.17. The second-order valence-corrected chi connectivity index (χ2v) is 8.15. The van der Waals surface area contributed by atoms with Crippen LogP contribution >= 0.6 is 0 Å². The van der Waals surface area contributed by atoms with Gasteiger partial charge in [0.25, 0.3) is 5.91 Å². The van der Waals surface area contributed by atoms with Crippen molar-refractivity contribution in [1.29, 1.82) is 0 Å². The van der Waals surface area contributed by atoms with Gasteiger partial charge in [-0.25, -0.2) is 13.2 Å². The number of methoxy groups -OCH3 is 1. The van der Waals surface area contributed by atoms with Gasteiger partial charge >= 0.3 is 5.97 Å². The molecule has 1 aromatic heterocycles. The van der Waals surface area contributed by atoms with Gasteiger partial charge in [-0.15, -0.1) is 6.58 Å². The molecule has 2 heterocycles. The van der Waals surface area contributed by atoms with Crippen LogP contribution in [0, 0.1) is 13.8 Å². The largest absolute Gasteiger partial charge is 0.465 e. The van der Waals surface area contributed by atoms with Crippen molar-refractivity contribution in [2.45, 2.75) is 26.3 Å². The zero-order valence-corrected chi connectivity index (χ0v) is 14.9. The summed E-state index contributed by atoms with van der Waals surface area (Å²) in [5.41, 5.74) is 1.65. The van der Waals surface area contributed by atoms with Crippen molar-refractivity contribution in [3.05, 3.63) is 35.2 Å². The number of amides is 1. The van der Waals surface area contributed by atoms with Crippen LogP contribution in [0.25, 0.3) is 0 Å². The summed E-state index contributed by atoms with van der Waals surface area (Å²) < 4.78 is 28.2. The van der Waals surface area contributed by atoms with Crippen molar-refractivity contribution < 1.29 is 22.7 Å². The lowest BCUT2D eigenvalue weighted by Crippen LogP contribution is -2.41. The smallest absolute Gasteiger partial charge is 0.339 e. The Morgan fingerprint density at radius 3 is 2.58 bits per heavy atom. The summed E-state index contributed by atoms with van der Waals surface area (Å²) in [6.07, 6.45) is 1.97. The van der Waals surface area contributed by atoms with E-state index in [1.807, 2.05) is 0 Å². The van der Waals surface area contributed by atoms with Crippen LogP contribution in [-0.2, 0) is 14.6 Å². The van der Waals surface area contributed by atoms with E-state index in [-0.39, 0.29) is 35.7 Å². The lowest BCUT2D eigenvalue weighted by atomic mass is 10.1. The van der Waals surface area contributed by atoms with Crippen molar-refractivity contribution in [3.63, 3.8) is 0 Å². The van der Waals surface area contributed by atoms with E-state index in [2.05, 4.69) is 11.6 Å². The molecule has 7 nitrogen and oxygen atoms in total. The van der Waals surface area contributed by atoms with Gasteiger partial charge in [-0.3, -0.25) is 4.79 Å². The van der Waals surface area contributed by atoms with Crippen LogP contribution in [0.1, 0.15) is 38.5 Å². The first kappa shape index (κ1) is 18.3. The Bertz CT molecular complexity index is 779. The van der Waals surface area contributed by atoms with Gasteiger partial charge in [0.2, 0.25) is 0 Å². The number of carbonyl (C=O) groups excluding carboxylic acids is 2. The van der Waals surface area contributed by atoms with Gasteiger partial charge in [0.05, 0.1) is 24.2 Å². The molecule has 1 fully saturated rings. The third-order valence-electron chi connectivity index (χ3n) is 4.28. The number of sulfone groups is 1. The van der Waals surface area contributed by atoms with Crippen LogP contribution in [0.4, 0.5) is 0 Å². The summed E-state index contributed by atoms with van der Waals surface area (Å²) in [7, 11) is -1.84. The number of rotatable bonds is 5. The first-order chi connectivity index (χ1) is 11.2. The van der Waals surface area contributed by atoms with Gasteiger partial charge in [-0.05, 0) is 25.8 Å². The van der Waals surface area contributed by atoms with Gasteiger partial charge in [-0.2, -0.15) is 0 Å². The summed E-state index contributed by atoms with van der Waals surface area (Å²) in [4.78, 5) is 29.2. The molecule has 0 unspecified atom stereocenters.